The fourth-order valence-corrected chi connectivity index (χ4v) is 3.03. The lowest BCUT2D eigenvalue weighted by atomic mass is 9.85. The van der Waals surface area contributed by atoms with Crippen molar-refractivity contribution in [3.8, 4) is 11.5 Å². The first-order chi connectivity index (χ1) is 11.1. The van der Waals surface area contributed by atoms with Gasteiger partial charge in [-0.1, -0.05) is 19.3 Å². The van der Waals surface area contributed by atoms with Gasteiger partial charge < -0.3 is 25.6 Å². The van der Waals surface area contributed by atoms with E-state index in [9.17, 15) is 5.11 Å². The molecule has 1 aliphatic heterocycles. The minimum absolute atomic E-state index is 0.304. The number of hydrogen-bond donors (Lipinski definition) is 3. The minimum atomic E-state index is -0.699. The summed E-state index contributed by atoms with van der Waals surface area (Å²) in [6.07, 6.45) is 5.78. The molecule has 6 nitrogen and oxygen atoms in total. The van der Waals surface area contributed by atoms with E-state index in [1.807, 2.05) is 18.2 Å². The summed E-state index contributed by atoms with van der Waals surface area (Å²) in [7, 11) is 0. The second kappa shape index (κ2) is 7.08. The molecular formula is C17H25N3O3. The van der Waals surface area contributed by atoms with Crippen LogP contribution in [0.4, 0.5) is 5.69 Å². The molecule has 0 spiro atoms. The number of fused-ring (bicyclic) bond motifs is 1. The second-order valence-corrected chi connectivity index (χ2v) is 6.32. The number of nitrogens with two attached hydrogens (primary N) is 1. The molecular weight excluding hydrogens is 294 g/mol. The van der Waals surface area contributed by atoms with Gasteiger partial charge in [0.2, 0.25) is 0 Å². The van der Waals surface area contributed by atoms with Crippen LogP contribution in [0.2, 0.25) is 0 Å². The summed E-state index contributed by atoms with van der Waals surface area (Å²) < 4.78 is 11.3. The summed E-state index contributed by atoms with van der Waals surface area (Å²) in [6, 6.07) is 5.61. The molecule has 1 aromatic rings. The van der Waals surface area contributed by atoms with Crippen molar-refractivity contribution in [2.24, 2.45) is 10.7 Å². The van der Waals surface area contributed by atoms with Crippen molar-refractivity contribution in [1.29, 1.82) is 0 Å². The number of nitrogens with zero attached hydrogens (tertiary/aromatic N) is 1. The highest BCUT2D eigenvalue weighted by Crippen LogP contribution is 2.32. The van der Waals surface area contributed by atoms with Crippen molar-refractivity contribution in [3.63, 3.8) is 0 Å². The molecule has 126 valence electrons. The third-order valence-electron chi connectivity index (χ3n) is 4.35. The Morgan fingerprint density at radius 2 is 1.87 bits per heavy atom. The van der Waals surface area contributed by atoms with E-state index in [2.05, 4.69) is 10.3 Å². The highest BCUT2D eigenvalue weighted by atomic mass is 16.5. The van der Waals surface area contributed by atoms with Crippen LogP contribution in [0.5, 0.6) is 11.5 Å². The summed E-state index contributed by atoms with van der Waals surface area (Å²) >= 11 is 0. The summed E-state index contributed by atoms with van der Waals surface area (Å²) in [5.74, 6) is 1.77. The SMILES string of the molecule is NC(=NCC1(O)CCCCC1)Nc1ccc2c(c1)OCCCO2. The van der Waals surface area contributed by atoms with Crippen LogP contribution in [0.25, 0.3) is 0 Å². The molecule has 0 aromatic heterocycles. The predicted octanol–water partition coefficient (Wildman–Crippen LogP) is 2.27. The molecule has 1 fully saturated rings. The van der Waals surface area contributed by atoms with Gasteiger partial charge in [0.1, 0.15) is 0 Å². The lowest BCUT2D eigenvalue weighted by molar-refractivity contribution is 0.0132. The Morgan fingerprint density at radius 3 is 2.65 bits per heavy atom. The van der Waals surface area contributed by atoms with E-state index in [1.165, 1.54) is 6.42 Å². The van der Waals surface area contributed by atoms with Gasteiger partial charge in [-0.25, -0.2) is 0 Å². The van der Waals surface area contributed by atoms with Gasteiger partial charge in [0, 0.05) is 18.2 Å². The number of guanidine groups is 1. The zero-order valence-electron chi connectivity index (χ0n) is 13.4. The van der Waals surface area contributed by atoms with Gasteiger partial charge in [-0.2, -0.15) is 0 Å². The normalized spacial score (nSPS) is 20.7. The van der Waals surface area contributed by atoms with Crippen molar-refractivity contribution in [1.82, 2.24) is 0 Å². The molecule has 1 aliphatic carbocycles. The number of aliphatic imine (C=N–C) groups is 1. The topological polar surface area (TPSA) is 89.1 Å². The smallest absolute Gasteiger partial charge is 0.193 e. The Kier molecular flexibility index (Phi) is 4.91. The molecule has 1 aromatic carbocycles. The van der Waals surface area contributed by atoms with E-state index in [1.54, 1.807) is 0 Å². The Hall–Kier alpha value is -1.95. The first kappa shape index (κ1) is 15.9. The van der Waals surface area contributed by atoms with Crippen molar-refractivity contribution < 1.29 is 14.6 Å². The van der Waals surface area contributed by atoms with Gasteiger partial charge >= 0.3 is 0 Å². The fraction of sp³-hybridized carbons (Fsp3) is 0.588. The van der Waals surface area contributed by atoms with Crippen LogP contribution < -0.4 is 20.5 Å². The Bertz CT molecular complexity index is 568. The number of anilines is 1. The number of aliphatic hydroxyl groups is 1. The first-order valence-electron chi connectivity index (χ1n) is 8.34. The Balaban J connectivity index is 1.62. The van der Waals surface area contributed by atoms with E-state index >= 15 is 0 Å². The average Bonchev–Trinajstić information content (AvgIpc) is 2.79. The number of rotatable bonds is 3. The lowest BCUT2D eigenvalue weighted by Gasteiger charge is -2.30. The zero-order valence-corrected chi connectivity index (χ0v) is 13.4. The van der Waals surface area contributed by atoms with Gasteiger partial charge in [-0.15, -0.1) is 0 Å². The second-order valence-electron chi connectivity index (χ2n) is 6.32. The average molecular weight is 319 g/mol. The molecule has 0 bridgehead atoms. The standard InChI is InChI=1S/C17H25N3O3/c18-16(19-12-17(21)7-2-1-3-8-17)20-13-5-6-14-15(11-13)23-10-4-9-22-14/h5-6,11,21H,1-4,7-10,12H2,(H3,18,19,20). The highest BCUT2D eigenvalue weighted by molar-refractivity contribution is 5.92. The van der Waals surface area contributed by atoms with Crippen LogP contribution in [0.15, 0.2) is 23.2 Å². The quantitative estimate of drug-likeness (QED) is 0.587. The molecule has 1 heterocycles. The third-order valence-corrected chi connectivity index (χ3v) is 4.35. The molecule has 23 heavy (non-hydrogen) atoms. The molecule has 0 atom stereocenters. The monoisotopic (exact) mass is 319 g/mol. The molecule has 2 aliphatic rings. The predicted molar refractivity (Wildman–Crippen MR) is 90.2 cm³/mol. The van der Waals surface area contributed by atoms with Gasteiger partial charge in [0.15, 0.2) is 17.5 Å². The van der Waals surface area contributed by atoms with Gasteiger partial charge in [-0.3, -0.25) is 4.99 Å². The van der Waals surface area contributed by atoms with E-state index in [4.69, 9.17) is 15.2 Å². The van der Waals surface area contributed by atoms with Crippen molar-refractivity contribution in [2.45, 2.75) is 44.1 Å². The van der Waals surface area contributed by atoms with Crippen molar-refractivity contribution in [2.75, 3.05) is 25.1 Å². The summed E-state index contributed by atoms with van der Waals surface area (Å²) in [5.41, 5.74) is 6.04. The van der Waals surface area contributed by atoms with Crippen LogP contribution in [-0.4, -0.2) is 36.4 Å². The molecule has 0 unspecified atom stereocenters. The number of hydrogen-bond acceptors (Lipinski definition) is 4. The molecule has 6 heteroatoms. The van der Waals surface area contributed by atoms with Crippen LogP contribution in [-0.2, 0) is 0 Å². The van der Waals surface area contributed by atoms with Crippen LogP contribution in [0, 0.1) is 0 Å². The first-order valence-corrected chi connectivity index (χ1v) is 8.34. The van der Waals surface area contributed by atoms with Gasteiger partial charge in [0.05, 0.1) is 25.4 Å². The Labute approximate surface area is 136 Å². The Morgan fingerprint density at radius 1 is 1.13 bits per heavy atom. The number of nitrogens with one attached hydrogen (secondary N) is 1. The molecule has 0 amide bonds. The van der Waals surface area contributed by atoms with E-state index in [-0.39, 0.29) is 0 Å². The minimum Gasteiger partial charge on any atom is -0.490 e. The lowest BCUT2D eigenvalue weighted by Crippen LogP contribution is -2.36. The summed E-state index contributed by atoms with van der Waals surface area (Å²) in [4.78, 5) is 4.31. The van der Waals surface area contributed by atoms with E-state index in [0.29, 0.717) is 31.5 Å². The fourth-order valence-electron chi connectivity index (χ4n) is 3.03. The maximum atomic E-state index is 10.4. The molecule has 4 N–H and O–H groups in total. The summed E-state index contributed by atoms with van der Waals surface area (Å²) in [5, 5.41) is 13.5. The summed E-state index contributed by atoms with van der Waals surface area (Å²) in [6.45, 7) is 1.66. The van der Waals surface area contributed by atoms with E-state index in [0.717, 1.165) is 43.5 Å². The van der Waals surface area contributed by atoms with Crippen molar-refractivity contribution >= 4 is 11.6 Å². The molecule has 3 rings (SSSR count). The van der Waals surface area contributed by atoms with E-state index < -0.39 is 5.60 Å². The largest absolute Gasteiger partial charge is 0.490 e. The van der Waals surface area contributed by atoms with Crippen LogP contribution >= 0.6 is 0 Å². The van der Waals surface area contributed by atoms with Gasteiger partial charge in [0.25, 0.3) is 0 Å². The zero-order chi connectivity index (χ0) is 16.1. The van der Waals surface area contributed by atoms with Crippen molar-refractivity contribution in [3.05, 3.63) is 18.2 Å². The number of ether oxygens (including phenoxy) is 2. The van der Waals surface area contributed by atoms with Crippen LogP contribution in [0.1, 0.15) is 38.5 Å². The van der Waals surface area contributed by atoms with Crippen LogP contribution in [0.3, 0.4) is 0 Å². The number of benzene rings is 1. The molecule has 0 saturated heterocycles. The van der Waals surface area contributed by atoms with Gasteiger partial charge in [-0.05, 0) is 25.0 Å². The highest BCUT2D eigenvalue weighted by Gasteiger charge is 2.28. The maximum Gasteiger partial charge on any atom is 0.193 e. The molecule has 1 saturated carbocycles. The maximum absolute atomic E-state index is 10.4. The molecule has 0 radical (unpaired) electrons. The third kappa shape index (κ3) is 4.28.